The minimum Gasteiger partial charge on any atom is -0.398 e. The molecule has 1 rings (SSSR count). The standard InChI is InChI=1S/C14H24N2O2S/c1-5-6-7-11(3)16-19(17,18)13-8-10(2)12(4)14(15)9-13/h8-9,11,16H,5-7,15H2,1-4H3. The van der Waals surface area contributed by atoms with E-state index in [0.29, 0.717) is 5.69 Å². The molecule has 1 aromatic rings. The third-order valence-electron chi connectivity index (χ3n) is 3.34. The van der Waals surface area contributed by atoms with Crippen molar-refractivity contribution in [2.75, 3.05) is 5.73 Å². The van der Waals surface area contributed by atoms with E-state index in [-0.39, 0.29) is 10.9 Å². The first-order chi connectivity index (χ1) is 8.77. The summed E-state index contributed by atoms with van der Waals surface area (Å²) in [6, 6.07) is 3.13. The predicted molar refractivity (Wildman–Crippen MR) is 79.6 cm³/mol. The Morgan fingerprint density at radius 3 is 2.47 bits per heavy atom. The molecule has 1 aromatic carbocycles. The first-order valence-electron chi connectivity index (χ1n) is 6.67. The second kappa shape index (κ2) is 6.39. The lowest BCUT2D eigenvalue weighted by atomic mass is 10.1. The zero-order valence-corrected chi connectivity index (χ0v) is 13.0. The molecule has 0 amide bonds. The first-order valence-corrected chi connectivity index (χ1v) is 8.15. The van der Waals surface area contributed by atoms with Gasteiger partial charge >= 0.3 is 0 Å². The van der Waals surface area contributed by atoms with Crippen molar-refractivity contribution in [2.45, 2.75) is 57.9 Å². The van der Waals surface area contributed by atoms with Gasteiger partial charge in [-0.2, -0.15) is 0 Å². The van der Waals surface area contributed by atoms with Crippen LogP contribution in [-0.2, 0) is 10.0 Å². The van der Waals surface area contributed by atoms with Crippen LogP contribution in [0.25, 0.3) is 0 Å². The Morgan fingerprint density at radius 1 is 1.32 bits per heavy atom. The number of hydrogen-bond acceptors (Lipinski definition) is 3. The third kappa shape index (κ3) is 4.21. The van der Waals surface area contributed by atoms with Crippen LogP contribution in [0.3, 0.4) is 0 Å². The van der Waals surface area contributed by atoms with Crippen LogP contribution in [0, 0.1) is 13.8 Å². The zero-order chi connectivity index (χ0) is 14.6. The molecule has 19 heavy (non-hydrogen) atoms. The summed E-state index contributed by atoms with van der Waals surface area (Å²) in [5, 5.41) is 0. The highest BCUT2D eigenvalue weighted by Gasteiger charge is 2.18. The van der Waals surface area contributed by atoms with Crippen LogP contribution in [0.1, 0.15) is 44.2 Å². The Kier molecular flexibility index (Phi) is 5.38. The number of nitrogens with two attached hydrogens (primary N) is 1. The smallest absolute Gasteiger partial charge is 0.240 e. The minimum absolute atomic E-state index is 0.0622. The lowest BCUT2D eigenvalue weighted by molar-refractivity contribution is 0.534. The van der Waals surface area contributed by atoms with E-state index in [1.807, 2.05) is 20.8 Å². The van der Waals surface area contributed by atoms with E-state index in [9.17, 15) is 8.42 Å². The van der Waals surface area contributed by atoms with Crippen molar-refractivity contribution in [2.24, 2.45) is 0 Å². The number of nitrogens with one attached hydrogen (secondary N) is 1. The summed E-state index contributed by atoms with van der Waals surface area (Å²) in [7, 11) is -3.48. The number of aryl methyl sites for hydroxylation is 1. The maximum atomic E-state index is 12.3. The Bertz CT molecular complexity index is 515. The SMILES string of the molecule is CCCCC(C)NS(=O)(=O)c1cc(C)c(C)c(N)c1. The molecule has 0 bridgehead atoms. The highest BCUT2D eigenvalue weighted by atomic mass is 32.2. The van der Waals surface area contributed by atoms with Gasteiger partial charge in [-0.05, 0) is 50.5 Å². The Hall–Kier alpha value is -1.07. The number of hydrogen-bond donors (Lipinski definition) is 2. The molecule has 0 spiro atoms. The van der Waals surface area contributed by atoms with E-state index < -0.39 is 10.0 Å². The van der Waals surface area contributed by atoms with Gasteiger partial charge in [-0.3, -0.25) is 0 Å². The molecule has 1 atom stereocenters. The van der Waals surface area contributed by atoms with E-state index in [1.165, 1.54) is 6.07 Å². The molecule has 0 fully saturated rings. The van der Waals surface area contributed by atoms with Gasteiger partial charge in [-0.25, -0.2) is 13.1 Å². The molecule has 0 aromatic heterocycles. The van der Waals surface area contributed by atoms with E-state index in [1.54, 1.807) is 6.07 Å². The lowest BCUT2D eigenvalue weighted by Crippen LogP contribution is -2.32. The van der Waals surface area contributed by atoms with Crippen LogP contribution in [0.2, 0.25) is 0 Å². The Morgan fingerprint density at radius 2 is 1.95 bits per heavy atom. The average molecular weight is 284 g/mol. The molecule has 0 saturated carbocycles. The molecule has 0 aliphatic carbocycles. The second-order valence-corrected chi connectivity index (χ2v) is 6.83. The third-order valence-corrected chi connectivity index (χ3v) is 4.91. The van der Waals surface area contributed by atoms with Gasteiger partial charge in [0.25, 0.3) is 0 Å². The average Bonchev–Trinajstić information content (AvgIpc) is 2.32. The quantitative estimate of drug-likeness (QED) is 0.789. The summed E-state index contributed by atoms with van der Waals surface area (Å²) in [5.74, 6) is 0. The number of unbranched alkanes of at least 4 members (excludes halogenated alkanes) is 1. The largest absolute Gasteiger partial charge is 0.398 e. The first kappa shape index (κ1) is 16.0. The molecule has 0 heterocycles. The summed E-state index contributed by atoms with van der Waals surface area (Å²) in [6.07, 6.45) is 2.91. The summed E-state index contributed by atoms with van der Waals surface area (Å²) < 4.78 is 27.2. The van der Waals surface area contributed by atoms with E-state index in [4.69, 9.17) is 5.73 Å². The predicted octanol–water partition coefficient (Wildman–Crippen LogP) is 2.74. The molecule has 0 saturated heterocycles. The van der Waals surface area contributed by atoms with Gasteiger partial charge in [0, 0.05) is 11.7 Å². The molecule has 108 valence electrons. The van der Waals surface area contributed by atoms with Gasteiger partial charge in [0.05, 0.1) is 4.90 Å². The molecule has 1 unspecified atom stereocenters. The van der Waals surface area contributed by atoms with E-state index in [2.05, 4.69) is 11.6 Å². The van der Waals surface area contributed by atoms with Crippen molar-refractivity contribution in [3.63, 3.8) is 0 Å². The van der Waals surface area contributed by atoms with Crippen molar-refractivity contribution >= 4 is 15.7 Å². The topological polar surface area (TPSA) is 72.2 Å². The molecule has 4 nitrogen and oxygen atoms in total. The normalized spacial score (nSPS) is 13.5. The second-order valence-electron chi connectivity index (χ2n) is 5.12. The Labute approximate surface area is 116 Å². The highest BCUT2D eigenvalue weighted by molar-refractivity contribution is 7.89. The number of sulfonamides is 1. The summed E-state index contributed by atoms with van der Waals surface area (Å²) >= 11 is 0. The monoisotopic (exact) mass is 284 g/mol. The lowest BCUT2D eigenvalue weighted by Gasteiger charge is -2.15. The number of anilines is 1. The highest BCUT2D eigenvalue weighted by Crippen LogP contribution is 2.21. The van der Waals surface area contributed by atoms with Crippen LogP contribution in [0.4, 0.5) is 5.69 Å². The number of rotatable bonds is 6. The van der Waals surface area contributed by atoms with Crippen LogP contribution in [-0.4, -0.2) is 14.5 Å². The van der Waals surface area contributed by atoms with Crippen LogP contribution >= 0.6 is 0 Å². The van der Waals surface area contributed by atoms with Gasteiger partial charge in [0.1, 0.15) is 0 Å². The van der Waals surface area contributed by atoms with E-state index >= 15 is 0 Å². The zero-order valence-electron chi connectivity index (χ0n) is 12.2. The molecular weight excluding hydrogens is 260 g/mol. The van der Waals surface area contributed by atoms with Gasteiger partial charge in [-0.15, -0.1) is 0 Å². The molecule has 0 aliphatic heterocycles. The maximum absolute atomic E-state index is 12.3. The molecule has 3 N–H and O–H groups in total. The molecule has 5 heteroatoms. The van der Waals surface area contributed by atoms with Crippen LogP contribution in [0.5, 0.6) is 0 Å². The van der Waals surface area contributed by atoms with E-state index in [0.717, 1.165) is 30.4 Å². The fourth-order valence-electron chi connectivity index (χ4n) is 1.91. The van der Waals surface area contributed by atoms with Crippen LogP contribution in [0.15, 0.2) is 17.0 Å². The fourth-order valence-corrected chi connectivity index (χ4v) is 3.31. The Balaban J connectivity index is 2.95. The van der Waals surface area contributed by atoms with Crippen molar-refractivity contribution < 1.29 is 8.42 Å². The van der Waals surface area contributed by atoms with Crippen molar-refractivity contribution in [1.29, 1.82) is 0 Å². The van der Waals surface area contributed by atoms with Crippen molar-refractivity contribution in [1.82, 2.24) is 4.72 Å². The summed E-state index contributed by atoms with van der Waals surface area (Å²) in [4.78, 5) is 0.247. The minimum atomic E-state index is -3.48. The van der Waals surface area contributed by atoms with Gasteiger partial charge < -0.3 is 5.73 Å². The van der Waals surface area contributed by atoms with Crippen molar-refractivity contribution in [3.8, 4) is 0 Å². The summed E-state index contributed by atoms with van der Waals surface area (Å²) in [5.41, 5.74) is 8.17. The fraction of sp³-hybridized carbons (Fsp3) is 0.571. The summed E-state index contributed by atoms with van der Waals surface area (Å²) in [6.45, 7) is 7.73. The molecule has 0 radical (unpaired) electrons. The molecule has 0 aliphatic rings. The van der Waals surface area contributed by atoms with Crippen molar-refractivity contribution in [3.05, 3.63) is 23.3 Å². The van der Waals surface area contributed by atoms with Gasteiger partial charge in [-0.1, -0.05) is 19.8 Å². The van der Waals surface area contributed by atoms with Crippen LogP contribution < -0.4 is 10.5 Å². The maximum Gasteiger partial charge on any atom is 0.240 e. The van der Waals surface area contributed by atoms with Gasteiger partial charge in [0.2, 0.25) is 10.0 Å². The number of nitrogen functional groups attached to an aromatic ring is 1. The van der Waals surface area contributed by atoms with Gasteiger partial charge in [0.15, 0.2) is 0 Å². The number of benzene rings is 1. The molecular formula is C14H24N2O2S.